The van der Waals surface area contributed by atoms with Crippen LogP contribution in [0.25, 0.3) is 10.2 Å². The van der Waals surface area contributed by atoms with Gasteiger partial charge in [0.2, 0.25) is 0 Å². The molecule has 0 N–H and O–H groups in total. The molecule has 4 rings (SSSR count). The summed E-state index contributed by atoms with van der Waals surface area (Å²) in [6.45, 7) is 4.83. The zero-order valence-electron chi connectivity index (χ0n) is 12.5. The third-order valence-corrected chi connectivity index (χ3v) is 6.70. The third-order valence-electron chi connectivity index (χ3n) is 4.29. The van der Waals surface area contributed by atoms with Gasteiger partial charge in [0, 0.05) is 16.7 Å². The van der Waals surface area contributed by atoms with Crippen LogP contribution in [0.15, 0.2) is 40.3 Å². The monoisotopic (exact) mass is 328 g/mol. The van der Waals surface area contributed by atoms with Gasteiger partial charge in [-0.05, 0) is 31.4 Å². The molecule has 2 aromatic heterocycles. The van der Waals surface area contributed by atoms with Gasteiger partial charge in [0.1, 0.15) is 4.83 Å². The van der Waals surface area contributed by atoms with Crippen LogP contribution in [-0.2, 0) is 6.54 Å². The summed E-state index contributed by atoms with van der Waals surface area (Å²) in [5.74, 6) is 0. The van der Waals surface area contributed by atoms with Crippen LogP contribution < -0.4 is 5.56 Å². The van der Waals surface area contributed by atoms with Crippen LogP contribution in [0.4, 0.5) is 0 Å². The van der Waals surface area contributed by atoms with Crippen molar-refractivity contribution in [2.75, 3.05) is 0 Å². The summed E-state index contributed by atoms with van der Waals surface area (Å²) in [4.78, 5) is 19.6. The molecule has 0 saturated carbocycles. The van der Waals surface area contributed by atoms with Gasteiger partial charge in [-0.3, -0.25) is 9.36 Å². The molecule has 22 heavy (non-hydrogen) atoms. The van der Waals surface area contributed by atoms with Crippen LogP contribution in [0.1, 0.15) is 27.7 Å². The summed E-state index contributed by atoms with van der Waals surface area (Å²) >= 11 is 3.34. The quantitative estimate of drug-likeness (QED) is 0.624. The zero-order valence-corrected chi connectivity index (χ0v) is 14.1. The molecule has 1 aliphatic rings. The number of fused-ring (bicyclic) bond motifs is 2. The Morgan fingerprint density at radius 2 is 2.00 bits per heavy atom. The minimum Gasteiger partial charge on any atom is -0.287 e. The Morgan fingerprint density at radius 1 is 1.23 bits per heavy atom. The van der Waals surface area contributed by atoms with Crippen LogP contribution in [-0.4, -0.2) is 9.55 Å². The summed E-state index contributed by atoms with van der Waals surface area (Å²) in [6.07, 6.45) is 0.969. The lowest BCUT2D eigenvalue weighted by Gasteiger charge is -2.24. The van der Waals surface area contributed by atoms with E-state index in [1.165, 1.54) is 10.4 Å². The molecule has 5 heteroatoms. The molecule has 0 fully saturated rings. The maximum absolute atomic E-state index is 12.8. The number of rotatable bonds is 1. The van der Waals surface area contributed by atoms with E-state index >= 15 is 0 Å². The first-order valence-corrected chi connectivity index (χ1v) is 9.07. The fraction of sp³-hybridized carbons (Fsp3) is 0.294. The molecule has 0 amide bonds. The summed E-state index contributed by atoms with van der Waals surface area (Å²) in [7, 11) is 0. The van der Waals surface area contributed by atoms with Crippen molar-refractivity contribution < 1.29 is 0 Å². The largest absolute Gasteiger partial charge is 0.287 e. The van der Waals surface area contributed by atoms with Gasteiger partial charge >= 0.3 is 0 Å². The SMILES string of the molecule is Cc1sc2nc3n(c(=O)c2c1C)CC[C@@H](c1ccccc1)S3. The average molecular weight is 328 g/mol. The molecule has 0 unspecified atom stereocenters. The molecule has 3 heterocycles. The Kier molecular flexibility index (Phi) is 3.35. The third kappa shape index (κ3) is 2.11. The summed E-state index contributed by atoms with van der Waals surface area (Å²) in [5, 5.41) is 2.05. The lowest BCUT2D eigenvalue weighted by atomic mass is 10.1. The highest BCUT2D eigenvalue weighted by molar-refractivity contribution is 7.99. The van der Waals surface area contributed by atoms with Gasteiger partial charge in [0.15, 0.2) is 5.16 Å². The molecule has 1 atom stereocenters. The van der Waals surface area contributed by atoms with Crippen LogP contribution in [0.2, 0.25) is 0 Å². The van der Waals surface area contributed by atoms with Crippen molar-refractivity contribution in [3.63, 3.8) is 0 Å². The topological polar surface area (TPSA) is 34.9 Å². The van der Waals surface area contributed by atoms with E-state index in [9.17, 15) is 4.79 Å². The van der Waals surface area contributed by atoms with Crippen molar-refractivity contribution >= 4 is 33.3 Å². The number of nitrogens with zero attached hydrogens (tertiary/aromatic N) is 2. The van der Waals surface area contributed by atoms with Crippen LogP contribution in [0, 0.1) is 13.8 Å². The van der Waals surface area contributed by atoms with E-state index in [0.29, 0.717) is 5.25 Å². The summed E-state index contributed by atoms with van der Waals surface area (Å²) in [5.41, 5.74) is 2.52. The zero-order chi connectivity index (χ0) is 15.3. The average Bonchev–Trinajstić information content (AvgIpc) is 2.82. The number of hydrogen-bond acceptors (Lipinski definition) is 4. The number of thiophene rings is 1. The highest BCUT2D eigenvalue weighted by Crippen LogP contribution is 2.41. The first kappa shape index (κ1) is 14.0. The molecular weight excluding hydrogens is 312 g/mol. The Hall–Kier alpha value is -1.59. The number of thioether (sulfide) groups is 1. The minimum atomic E-state index is 0.126. The van der Waals surface area contributed by atoms with Gasteiger partial charge in [-0.2, -0.15) is 0 Å². The Morgan fingerprint density at radius 3 is 2.77 bits per heavy atom. The maximum Gasteiger partial charge on any atom is 0.263 e. The molecule has 3 nitrogen and oxygen atoms in total. The molecule has 1 aliphatic heterocycles. The molecule has 0 radical (unpaired) electrons. The maximum atomic E-state index is 12.8. The first-order chi connectivity index (χ1) is 10.6. The Balaban J connectivity index is 1.83. The second-order valence-electron chi connectivity index (χ2n) is 5.62. The molecule has 112 valence electrons. The fourth-order valence-corrected chi connectivity index (χ4v) is 5.22. The lowest BCUT2D eigenvalue weighted by Crippen LogP contribution is -2.27. The van der Waals surface area contributed by atoms with E-state index in [1.807, 2.05) is 17.6 Å². The second-order valence-corrected chi connectivity index (χ2v) is 7.99. The van der Waals surface area contributed by atoms with Gasteiger partial charge < -0.3 is 0 Å². The lowest BCUT2D eigenvalue weighted by molar-refractivity contribution is 0.537. The van der Waals surface area contributed by atoms with Crippen LogP contribution in [0.5, 0.6) is 0 Å². The highest BCUT2D eigenvalue weighted by Gasteiger charge is 2.25. The van der Waals surface area contributed by atoms with E-state index in [0.717, 1.165) is 33.9 Å². The summed E-state index contributed by atoms with van der Waals surface area (Å²) in [6, 6.07) is 10.5. The predicted molar refractivity (Wildman–Crippen MR) is 93.0 cm³/mol. The second kappa shape index (κ2) is 5.25. The van der Waals surface area contributed by atoms with Crippen molar-refractivity contribution in [1.29, 1.82) is 0 Å². The van der Waals surface area contributed by atoms with Gasteiger partial charge in [0.25, 0.3) is 5.56 Å². The van der Waals surface area contributed by atoms with Gasteiger partial charge in [-0.25, -0.2) is 4.98 Å². The predicted octanol–water partition coefficient (Wildman–Crippen LogP) is 4.31. The van der Waals surface area contributed by atoms with E-state index in [4.69, 9.17) is 4.98 Å². The highest BCUT2D eigenvalue weighted by atomic mass is 32.2. The van der Waals surface area contributed by atoms with Crippen molar-refractivity contribution in [3.05, 3.63) is 56.7 Å². The number of benzene rings is 1. The van der Waals surface area contributed by atoms with Crippen molar-refractivity contribution in [3.8, 4) is 0 Å². The van der Waals surface area contributed by atoms with E-state index in [2.05, 4.69) is 31.2 Å². The molecule has 0 bridgehead atoms. The van der Waals surface area contributed by atoms with Crippen molar-refractivity contribution in [2.45, 2.75) is 37.2 Å². The van der Waals surface area contributed by atoms with Crippen LogP contribution in [0.3, 0.4) is 0 Å². The van der Waals surface area contributed by atoms with E-state index in [-0.39, 0.29) is 5.56 Å². The van der Waals surface area contributed by atoms with Gasteiger partial charge in [-0.15, -0.1) is 11.3 Å². The smallest absolute Gasteiger partial charge is 0.263 e. The van der Waals surface area contributed by atoms with Gasteiger partial charge in [-0.1, -0.05) is 42.1 Å². The molecule has 0 saturated heterocycles. The van der Waals surface area contributed by atoms with Crippen molar-refractivity contribution in [1.82, 2.24) is 9.55 Å². The van der Waals surface area contributed by atoms with E-state index < -0.39 is 0 Å². The Labute approximate surface area is 137 Å². The molecule has 0 spiro atoms. The number of aryl methyl sites for hydroxylation is 2. The summed E-state index contributed by atoms with van der Waals surface area (Å²) < 4.78 is 1.85. The molecule has 3 aromatic rings. The standard InChI is InChI=1S/C17H16N2OS2/c1-10-11(2)21-15-14(10)16(20)19-9-8-13(22-17(19)18-15)12-6-4-3-5-7-12/h3-7,13H,8-9H2,1-2H3/t13-/m0/s1. The normalized spacial score (nSPS) is 17.6. The van der Waals surface area contributed by atoms with Crippen molar-refractivity contribution in [2.24, 2.45) is 0 Å². The van der Waals surface area contributed by atoms with Crippen LogP contribution >= 0.6 is 23.1 Å². The number of hydrogen-bond donors (Lipinski definition) is 0. The fourth-order valence-electron chi connectivity index (χ4n) is 2.93. The molecule has 1 aromatic carbocycles. The Bertz CT molecular complexity index is 912. The number of aromatic nitrogens is 2. The minimum absolute atomic E-state index is 0.126. The first-order valence-electron chi connectivity index (χ1n) is 7.37. The molecular formula is C17H16N2OS2. The van der Waals surface area contributed by atoms with Gasteiger partial charge in [0.05, 0.1) is 5.39 Å². The van der Waals surface area contributed by atoms with E-state index in [1.54, 1.807) is 23.1 Å². The molecule has 0 aliphatic carbocycles.